The first-order valence-electron chi connectivity index (χ1n) is 8.29. The van der Waals surface area contributed by atoms with Gasteiger partial charge in [0.1, 0.15) is 13.2 Å². The zero-order valence-electron chi connectivity index (χ0n) is 14.8. The molecule has 144 valence electrons. The molecule has 0 radical (unpaired) electrons. The third kappa shape index (κ3) is 4.55. The summed E-state index contributed by atoms with van der Waals surface area (Å²) < 4.78 is 5.19. The van der Waals surface area contributed by atoms with Crippen LogP contribution in [-0.2, 0) is 16.1 Å². The minimum absolute atomic E-state index is 0.0963. The van der Waals surface area contributed by atoms with Gasteiger partial charge in [-0.15, -0.1) is 0 Å². The van der Waals surface area contributed by atoms with Crippen molar-refractivity contribution >= 4 is 57.6 Å². The van der Waals surface area contributed by atoms with E-state index in [1.165, 1.54) is 18.2 Å². The predicted molar refractivity (Wildman–Crippen MR) is 110 cm³/mol. The highest BCUT2D eigenvalue weighted by molar-refractivity contribution is 6.36. The monoisotopic (exact) mass is 436 g/mol. The normalized spacial score (nSPS) is 10.7. The lowest BCUT2D eigenvalue weighted by atomic mass is 10.1. The molecule has 1 aromatic heterocycles. The number of carbonyl (C=O) groups is 2. The first kappa shape index (κ1) is 20.4. The van der Waals surface area contributed by atoms with Gasteiger partial charge >= 0.3 is 5.97 Å². The summed E-state index contributed by atoms with van der Waals surface area (Å²) in [5.41, 5.74) is 2.30. The van der Waals surface area contributed by atoms with Gasteiger partial charge in [-0.1, -0.05) is 53.0 Å². The smallest absolute Gasteiger partial charge is 0.325 e. The topological polar surface area (TPSA) is 68.3 Å². The van der Waals surface area contributed by atoms with E-state index in [4.69, 9.17) is 39.5 Å². The van der Waals surface area contributed by atoms with E-state index in [2.05, 4.69) is 10.3 Å². The van der Waals surface area contributed by atoms with Crippen molar-refractivity contribution in [1.29, 1.82) is 0 Å². The molecule has 8 heteroatoms. The average molecular weight is 438 g/mol. The maximum atomic E-state index is 12.1. The Kier molecular flexibility index (Phi) is 6.39. The fraction of sp³-hybridized carbons (Fsp3) is 0.150. The molecule has 1 amide bonds. The predicted octanol–water partition coefficient (Wildman–Crippen LogP) is 4.98. The number of amides is 1. The van der Waals surface area contributed by atoms with E-state index in [0.29, 0.717) is 15.7 Å². The molecule has 0 aliphatic carbocycles. The Morgan fingerprint density at radius 2 is 1.86 bits per heavy atom. The fourth-order valence-electron chi connectivity index (χ4n) is 2.63. The van der Waals surface area contributed by atoms with Crippen molar-refractivity contribution in [3.05, 3.63) is 74.4 Å². The number of carbonyl (C=O) groups excluding carboxylic acids is 2. The number of fused-ring (bicyclic) bond motifs is 1. The minimum atomic E-state index is -0.623. The first-order valence-corrected chi connectivity index (χ1v) is 9.43. The van der Waals surface area contributed by atoms with E-state index < -0.39 is 11.9 Å². The Bertz CT molecular complexity index is 1070. The van der Waals surface area contributed by atoms with Gasteiger partial charge in [0.15, 0.2) is 0 Å². The van der Waals surface area contributed by atoms with Gasteiger partial charge in [-0.25, -0.2) is 4.98 Å². The number of pyridine rings is 1. The molecule has 0 unspecified atom stereocenters. The van der Waals surface area contributed by atoms with Crippen molar-refractivity contribution in [2.45, 2.75) is 13.5 Å². The number of hydrogen-bond donors (Lipinski definition) is 1. The number of hydrogen-bond acceptors (Lipinski definition) is 4. The van der Waals surface area contributed by atoms with E-state index in [1.54, 1.807) is 0 Å². The number of rotatable bonds is 5. The molecule has 3 aromatic rings. The lowest BCUT2D eigenvalue weighted by Gasteiger charge is -2.11. The van der Waals surface area contributed by atoms with Crippen molar-refractivity contribution in [2.75, 3.05) is 6.54 Å². The van der Waals surface area contributed by atoms with Gasteiger partial charge in [0.2, 0.25) is 0 Å². The van der Waals surface area contributed by atoms with Crippen LogP contribution in [0.4, 0.5) is 0 Å². The van der Waals surface area contributed by atoms with E-state index in [-0.39, 0.29) is 23.7 Å². The van der Waals surface area contributed by atoms with Crippen LogP contribution in [0.3, 0.4) is 0 Å². The van der Waals surface area contributed by atoms with Crippen molar-refractivity contribution in [3.63, 3.8) is 0 Å². The van der Waals surface area contributed by atoms with Crippen LogP contribution >= 0.6 is 34.8 Å². The van der Waals surface area contributed by atoms with Crippen LogP contribution in [0.1, 0.15) is 21.6 Å². The number of esters is 1. The second-order valence-corrected chi connectivity index (χ2v) is 7.20. The van der Waals surface area contributed by atoms with Gasteiger partial charge in [0.25, 0.3) is 5.91 Å². The average Bonchev–Trinajstić information content (AvgIpc) is 2.67. The van der Waals surface area contributed by atoms with Crippen LogP contribution < -0.4 is 5.32 Å². The van der Waals surface area contributed by atoms with E-state index >= 15 is 0 Å². The molecule has 28 heavy (non-hydrogen) atoms. The quantitative estimate of drug-likeness (QED) is 0.572. The van der Waals surface area contributed by atoms with Crippen LogP contribution in [0.2, 0.25) is 15.1 Å². The summed E-state index contributed by atoms with van der Waals surface area (Å²) in [6, 6.07) is 12.0. The Hall–Kier alpha value is -2.34. The molecule has 0 bridgehead atoms. The summed E-state index contributed by atoms with van der Waals surface area (Å²) in [6.07, 6.45) is 0. The highest BCUT2D eigenvalue weighted by Gasteiger charge is 2.15. The number of benzene rings is 2. The third-order valence-electron chi connectivity index (χ3n) is 4.08. The highest BCUT2D eigenvalue weighted by Crippen LogP contribution is 2.27. The second kappa shape index (κ2) is 8.78. The molecule has 5 nitrogen and oxygen atoms in total. The Morgan fingerprint density at radius 1 is 1.11 bits per heavy atom. The molecule has 0 atom stereocenters. The van der Waals surface area contributed by atoms with Gasteiger partial charge in [0, 0.05) is 10.4 Å². The molecule has 0 saturated heterocycles. The first-order chi connectivity index (χ1) is 13.4. The number of aromatic nitrogens is 1. The molecule has 3 rings (SSSR count). The zero-order valence-corrected chi connectivity index (χ0v) is 17.0. The molecule has 0 aliphatic rings. The third-order valence-corrected chi connectivity index (χ3v) is 5.13. The molecule has 2 aromatic carbocycles. The summed E-state index contributed by atoms with van der Waals surface area (Å²) >= 11 is 18.1. The maximum Gasteiger partial charge on any atom is 0.325 e. The molecular formula is C20H15Cl3N2O3. The standard InChI is InChI=1S/C20H15Cl3N2O3/c1-11-13-4-2-3-5-16(13)25-17(19(11)23)10-28-18(26)9-24-20(27)14-7-6-12(21)8-15(14)22/h2-8H,9-10H2,1H3,(H,24,27). The second-order valence-electron chi connectivity index (χ2n) is 5.98. The molecule has 1 heterocycles. The lowest BCUT2D eigenvalue weighted by Crippen LogP contribution is -2.30. The van der Waals surface area contributed by atoms with Crippen LogP contribution in [0.15, 0.2) is 42.5 Å². The molecular weight excluding hydrogens is 423 g/mol. The van der Waals surface area contributed by atoms with Crippen LogP contribution in [0.25, 0.3) is 10.9 Å². The summed E-state index contributed by atoms with van der Waals surface area (Å²) in [4.78, 5) is 28.6. The van der Waals surface area contributed by atoms with Crippen molar-refractivity contribution in [2.24, 2.45) is 0 Å². The van der Waals surface area contributed by atoms with Crippen LogP contribution in [0, 0.1) is 6.92 Å². The minimum Gasteiger partial charge on any atom is -0.458 e. The number of para-hydroxylation sites is 1. The SMILES string of the molecule is Cc1c(Cl)c(COC(=O)CNC(=O)c2ccc(Cl)cc2Cl)nc2ccccc12. The Labute approximate surface area is 176 Å². The van der Waals surface area contributed by atoms with Gasteiger partial charge < -0.3 is 10.1 Å². The molecule has 1 N–H and O–H groups in total. The number of nitrogens with zero attached hydrogens (tertiary/aromatic N) is 1. The van der Waals surface area contributed by atoms with Crippen LogP contribution in [0.5, 0.6) is 0 Å². The molecule has 0 fully saturated rings. The zero-order chi connectivity index (χ0) is 20.3. The fourth-order valence-corrected chi connectivity index (χ4v) is 3.33. The van der Waals surface area contributed by atoms with E-state index in [9.17, 15) is 9.59 Å². The Morgan fingerprint density at radius 3 is 2.61 bits per heavy atom. The van der Waals surface area contributed by atoms with Crippen molar-refractivity contribution in [1.82, 2.24) is 10.3 Å². The number of aryl methyl sites for hydroxylation is 1. The van der Waals surface area contributed by atoms with Gasteiger partial charge in [-0.2, -0.15) is 0 Å². The number of halogens is 3. The lowest BCUT2D eigenvalue weighted by molar-refractivity contribution is -0.143. The summed E-state index contributed by atoms with van der Waals surface area (Å²) in [5, 5.41) is 4.45. The molecule has 0 aliphatic heterocycles. The van der Waals surface area contributed by atoms with Crippen LogP contribution in [-0.4, -0.2) is 23.4 Å². The van der Waals surface area contributed by atoms with Gasteiger partial charge in [-0.3, -0.25) is 9.59 Å². The Balaban J connectivity index is 1.61. The highest BCUT2D eigenvalue weighted by atomic mass is 35.5. The summed E-state index contributed by atoms with van der Waals surface area (Å²) in [6.45, 7) is 1.47. The van der Waals surface area contributed by atoms with Crippen molar-refractivity contribution < 1.29 is 14.3 Å². The number of nitrogens with one attached hydrogen (secondary N) is 1. The molecule has 0 spiro atoms. The summed E-state index contributed by atoms with van der Waals surface area (Å²) in [7, 11) is 0. The molecule has 0 saturated carbocycles. The summed E-state index contributed by atoms with van der Waals surface area (Å²) in [5.74, 6) is -1.13. The largest absolute Gasteiger partial charge is 0.458 e. The van der Waals surface area contributed by atoms with Gasteiger partial charge in [-0.05, 0) is 36.8 Å². The number of ether oxygens (including phenoxy) is 1. The van der Waals surface area contributed by atoms with Gasteiger partial charge in [0.05, 0.1) is 26.8 Å². The van der Waals surface area contributed by atoms with E-state index in [1.807, 2.05) is 31.2 Å². The maximum absolute atomic E-state index is 12.1. The van der Waals surface area contributed by atoms with Crippen molar-refractivity contribution in [3.8, 4) is 0 Å². The van der Waals surface area contributed by atoms with E-state index in [0.717, 1.165) is 16.5 Å².